The predicted octanol–water partition coefficient (Wildman–Crippen LogP) is 1.77. The molecule has 2 aromatic rings. The van der Waals surface area contributed by atoms with Crippen LogP contribution in [-0.2, 0) is 0 Å². The molecule has 2 aromatic heterocycles. The molecule has 1 atom stereocenters. The van der Waals surface area contributed by atoms with Crippen LogP contribution in [0.4, 0.5) is 0 Å². The van der Waals surface area contributed by atoms with Crippen molar-refractivity contribution in [3.63, 3.8) is 0 Å². The number of hydrogen-bond acceptors (Lipinski definition) is 5. The van der Waals surface area contributed by atoms with E-state index in [2.05, 4.69) is 15.1 Å². The molecule has 0 saturated carbocycles. The molecule has 0 aliphatic heterocycles. The standard InChI is InChI=1S/C11H14N4O/c1-6-4-7(2)9(13-5-6)10-14-11(8(3)12)16-15-10/h4-5,8H,12H2,1-3H3/t8-/m1/s1. The smallest absolute Gasteiger partial charge is 0.243 e. The van der Waals surface area contributed by atoms with Gasteiger partial charge in [-0.3, -0.25) is 4.98 Å². The van der Waals surface area contributed by atoms with E-state index >= 15 is 0 Å². The Bertz CT molecular complexity index is 504. The van der Waals surface area contributed by atoms with Crippen LogP contribution in [0.5, 0.6) is 0 Å². The van der Waals surface area contributed by atoms with Crippen molar-refractivity contribution < 1.29 is 4.52 Å². The average Bonchev–Trinajstić information content (AvgIpc) is 2.66. The fourth-order valence-electron chi connectivity index (χ4n) is 1.47. The number of hydrogen-bond donors (Lipinski definition) is 1. The van der Waals surface area contributed by atoms with E-state index in [-0.39, 0.29) is 6.04 Å². The van der Waals surface area contributed by atoms with Gasteiger partial charge in [-0.25, -0.2) is 0 Å². The second kappa shape index (κ2) is 4.02. The summed E-state index contributed by atoms with van der Waals surface area (Å²) >= 11 is 0. The SMILES string of the molecule is Cc1cnc(-c2noc([C@@H](C)N)n2)c(C)c1. The van der Waals surface area contributed by atoms with Crippen LogP contribution in [0.2, 0.25) is 0 Å². The summed E-state index contributed by atoms with van der Waals surface area (Å²) < 4.78 is 5.04. The van der Waals surface area contributed by atoms with Gasteiger partial charge in [0.05, 0.1) is 6.04 Å². The Balaban J connectivity index is 2.42. The van der Waals surface area contributed by atoms with Crippen molar-refractivity contribution in [3.8, 4) is 11.5 Å². The van der Waals surface area contributed by atoms with Crippen molar-refractivity contribution >= 4 is 0 Å². The van der Waals surface area contributed by atoms with E-state index in [1.54, 1.807) is 13.1 Å². The van der Waals surface area contributed by atoms with Crippen LogP contribution in [0.1, 0.15) is 30.0 Å². The lowest BCUT2D eigenvalue weighted by atomic mass is 10.1. The van der Waals surface area contributed by atoms with Gasteiger partial charge >= 0.3 is 0 Å². The van der Waals surface area contributed by atoms with Crippen molar-refractivity contribution in [2.24, 2.45) is 5.73 Å². The quantitative estimate of drug-likeness (QED) is 0.831. The van der Waals surface area contributed by atoms with Gasteiger partial charge in [-0.15, -0.1) is 0 Å². The molecule has 84 valence electrons. The van der Waals surface area contributed by atoms with Crippen LogP contribution in [0.3, 0.4) is 0 Å². The van der Waals surface area contributed by atoms with Gasteiger partial charge < -0.3 is 10.3 Å². The van der Waals surface area contributed by atoms with Gasteiger partial charge in [-0.05, 0) is 31.9 Å². The molecule has 0 unspecified atom stereocenters. The van der Waals surface area contributed by atoms with Crippen LogP contribution in [-0.4, -0.2) is 15.1 Å². The van der Waals surface area contributed by atoms with Crippen molar-refractivity contribution in [1.82, 2.24) is 15.1 Å². The number of aryl methyl sites for hydroxylation is 2. The topological polar surface area (TPSA) is 77.8 Å². The monoisotopic (exact) mass is 218 g/mol. The molecule has 0 fully saturated rings. The second-order valence-corrected chi connectivity index (χ2v) is 3.92. The first-order valence-corrected chi connectivity index (χ1v) is 5.10. The molecule has 2 N–H and O–H groups in total. The maximum Gasteiger partial charge on any atom is 0.243 e. The molecule has 0 aliphatic carbocycles. The average molecular weight is 218 g/mol. The van der Waals surface area contributed by atoms with Gasteiger partial charge in [0.15, 0.2) is 0 Å². The molecule has 5 nitrogen and oxygen atoms in total. The maximum absolute atomic E-state index is 5.65. The lowest BCUT2D eigenvalue weighted by Gasteiger charge is -2.00. The summed E-state index contributed by atoms with van der Waals surface area (Å²) in [6.45, 7) is 5.76. The summed E-state index contributed by atoms with van der Waals surface area (Å²) in [5, 5.41) is 3.87. The highest BCUT2D eigenvalue weighted by Gasteiger charge is 2.14. The fourth-order valence-corrected chi connectivity index (χ4v) is 1.47. The van der Waals surface area contributed by atoms with E-state index in [9.17, 15) is 0 Å². The number of nitrogens with zero attached hydrogens (tertiary/aromatic N) is 3. The minimum atomic E-state index is -0.257. The zero-order valence-electron chi connectivity index (χ0n) is 9.56. The zero-order chi connectivity index (χ0) is 11.7. The number of aromatic nitrogens is 3. The van der Waals surface area contributed by atoms with Crippen molar-refractivity contribution in [2.75, 3.05) is 0 Å². The molecular weight excluding hydrogens is 204 g/mol. The first kappa shape index (κ1) is 10.8. The van der Waals surface area contributed by atoms with E-state index in [1.807, 2.05) is 19.9 Å². The third-order valence-electron chi connectivity index (χ3n) is 2.26. The van der Waals surface area contributed by atoms with Crippen LogP contribution in [0.15, 0.2) is 16.8 Å². The lowest BCUT2D eigenvalue weighted by molar-refractivity contribution is 0.362. The largest absolute Gasteiger partial charge is 0.337 e. The highest BCUT2D eigenvalue weighted by molar-refractivity contribution is 5.54. The third kappa shape index (κ3) is 1.94. The molecule has 0 saturated heterocycles. The summed E-state index contributed by atoms with van der Waals surface area (Å²) in [7, 11) is 0. The number of rotatable bonds is 2. The van der Waals surface area contributed by atoms with Crippen LogP contribution < -0.4 is 5.73 Å². The Labute approximate surface area is 93.7 Å². The first-order chi connectivity index (χ1) is 7.58. The van der Waals surface area contributed by atoms with Gasteiger partial charge in [0.25, 0.3) is 0 Å². The molecule has 0 aliphatic rings. The minimum Gasteiger partial charge on any atom is -0.337 e. The van der Waals surface area contributed by atoms with Gasteiger partial charge in [0.2, 0.25) is 11.7 Å². The van der Waals surface area contributed by atoms with Gasteiger partial charge in [-0.1, -0.05) is 11.2 Å². The van der Waals surface area contributed by atoms with Crippen molar-refractivity contribution in [3.05, 3.63) is 29.3 Å². The molecular formula is C11H14N4O. The van der Waals surface area contributed by atoms with Gasteiger partial charge in [0, 0.05) is 6.20 Å². The molecule has 0 amide bonds. The molecule has 0 spiro atoms. The Morgan fingerprint density at radius 2 is 2.12 bits per heavy atom. The Kier molecular flexibility index (Phi) is 2.70. The van der Waals surface area contributed by atoms with Crippen molar-refractivity contribution in [1.29, 1.82) is 0 Å². The molecule has 16 heavy (non-hydrogen) atoms. The summed E-state index contributed by atoms with van der Waals surface area (Å²) in [5.41, 5.74) is 8.52. The fraction of sp³-hybridized carbons (Fsp3) is 0.364. The van der Waals surface area contributed by atoms with Crippen molar-refractivity contribution in [2.45, 2.75) is 26.8 Å². The molecule has 2 rings (SSSR count). The van der Waals surface area contributed by atoms with Crippen LogP contribution in [0.25, 0.3) is 11.5 Å². The van der Waals surface area contributed by atoms with Crippen LogP contribution in [0, 0.1) is 13.8 Å². The van der Waals surface area contributed by atoms with E-state index < -0.39 is 0 Å². The van der Waals surface area contributed by atoms with E-state index in [0.717, 1.165) is 16.8 Å². The summed E-state index contributed by atoms with van der Waals surface area (Å²) in [5.74, 6) is 0.918. The second-order valence-electron chi connectivity index (χ2n) is 3.92. The minimum absolute atomic E-state index is 0.257. The first-order valence-electron chi connectivity index (χ1n) is 5.10. The number of pyridine rings is 1. The normalized spacial score (nSPS) is 12.8. The highest BCUT2D eigenvalue weighted by atomic mass is 16.5. The summed E-state index contributed by atoms with van der Waals surface area (Å²) in [6.07, 6.45) is 1.78. The van der Waals surface area contributed by atoms with Gasteiger partial charge in [-0.2, -0.15) is 4.98 Å². The molecule has 2 heterocycles. The maximum atomic E-state index is 5.65. The van der Waals surface area contributed by atoms with Gasteiger partial charge in [0.1, 0.15) is 5.69 Å². The molecule has 0 radical (unpaired) electrons. The Morgan fingerprint density at radius 3 is 2.69 bits per heavy atom. The molecule has 0 bridgehead atoms. The Hall–Kier alpha value is -1.75. The lowest BCUT2D eigenvalue weighted by Crippen LogP contribution is -2.05. The summed E-state index contributed by atoms with van der Waals surface area (Å²) in [4.78, 5) is 8.50. The van der Waals surface area contributed by atoms with Crippen LogP contribution >= 0.6 is 0 Å². The predicted molar refractivity (Wildman–Crippen MR) is 59.6 cm³/mol. The zero-order valence-corrected chi connectivity index (χ0v) is 9.56. The molecule has 0 aromatic carbocycles. The highest BCUT2D eigenvalue weighted by Crippen LogP contribution is 2.19. The van der Waals surface area contributed by atoms with E-state index in [1.165, 1.54) is 0 Å². The summed E-state index contributed by atoms with van der Waals surface area (Å²) in [6, 6.07) is 1.77. The van der Waals surface area contributed by atoms with E-state index in [0.29, 0.717) is 11.7 Å². The Morgan fingerprint density at radius 1 is 1.38 bits per heavy atom. The molecule has 5 heteroatoms. The van der Waals surface area contributed by atoms with E-state index in [4.69, 9.17) is 10.3 Å². The number of nitrogens with two attached hydrogens (primary N) is 1. The third-order valence-corrected chi connectivity index (χ3v) is 2.26.